The Morgan fingerprint density at radius 3 is 2.76 bits per heavy atom. The summed E-state index contributed by atoms with van der Waals surface area (Å²) in [6.45, 7) is 3.02. The van der Waals surface area contributed by atoms with Crippen molar-refractivity contribution in [3.05, 3.63) is 0 Å². The molecule has 5 nitrogen and oxygen atoms in total. The number of nitrogens with two attached hydrogens (primary N) is 1. The molecule has 2 atom stereocenters. The number of aliphatic carboxylic acids is 1. The first kappa shape index (κ1) is 14.0. The fraction of sp³-hybridized carbons (Fsp3) is 0.833. The number of unbranched alkanes of at least 4 members (excludes halogenated alkanes) is 2. The Hall–Kier alpha value is -1.10. The Morgan fingerprint density at radius 2 is 2.29 bits per heavy atom. The first-order chi connectivity index (χ1) is 8.10. The molecule has 1 saturated heterocycles. The summed E-state index contributed by atoms with van der Waals surface area (Å²) in [6, 6.07) is -0.661. The number of carboxylic acids is 1. The Morgan fingerprint density at radius 1 is 1.59 bits per heavy atom. The molecule has 0 aromatic rings. The molecule has 5 heteroatoms. The van der Waals surface area contributed by atoms with Crippen molar-refractivity contribution in [1.82, 2.24) is 4.90 Å². The van der Waals surface area contributed by atoms with Crippen molar-refractivity contribution in [3.8, 4) is 0 Å². The normalized spacial score (nSPS) is 21.9. The molecule has 0 aliphatic carbocycles. The lowest BCUT2D eigenvalue weighted by atomic mass is 10.1. The smallest absolute Gasteiger partial charge is 0.326 e. The topological polar surface area (TPSA) is 83.6 Å². The SMILES string of the molecule is CCCCC[C@@H](C(=O)O)N1CC(CN)CC1=O. The number of nitrogens with zero attached hydrogens (tertiary/aromatic N) is 1. The summed E-state index contributed by atoms with van der Waals surface area (Å²) in [6.07, 6.45) is 3.85. The molecule has 0 spiro atoms. The summed E-state index contributed by atoms with van der Waals surface area (Å²) in [7, 11) is 0. The summed E-state index contributed by atoms with van der Waals surface area (Å²) in [5, 5.41) is 9.18. The van der Waals surface area contributed by atoms with Gasteiger partial charge in [-0.05, 0) is 18.9 Å². The van der Waals surface area contributed by atoms with Crippen LogP contribution in [0.4, 0.5) is 0 Å². The minimum atomic E-state index is -0.896. The van der Waals surface area contributed by atoms with Gasteiger partial charge in [-0.25, -0.2) is 4.79 Å². The highest BCUT2D eigenvalue weighted by Gasteiger charge is 2.36. The largest absolute Gasteiger partial charge is 0.480 e. The van der Waals surface area contributed by atoms with Crippen molar-refractivity contribution in [2.24, 2.45) is 11.7 Å². The van der Waals surface area contributed by atoms with E-state index in [0.29, 0.717) is 25.9 Å². The van der Waals surface area contributed by atoms with E-state index in [4.69, 9.17) is 5.73 Å². The second kappa shape index (κ2) is 6.59. The van der Waals surface area contributed by atoms with Crippen LogP contribution < -0.4 is 5.73 Å². The third kappa shape index (κ3) is 3.70. The van der Waals surface area contributed by atoms with Crippen LogP contribution in [-0.2, 0) is 9.59 Å². The van der Waals surface area contributed by atoms with Crippen LogP contribution in [0.1, 0.15) is 39.0 Å². The lowest BCUT2D eigenvalue weighted by molar-refractivity contribution is -0.148. The molecule has 0 radical (unpaired) electrons. The molecule has 0 bridgehead atoms. The maximum Gasteiger partial charge on any atom is 0.326 e. The summed E-state index contributed by atoms with van der Waals surface area (Å²) in [4.78, 5) is 24.4. The second-order valence-corrected chi connectivity index (χ2v) is 4.70. The predicted octanol–water partition coefficient (Wildman–Crippen LogP) is 0.827. The number of carbonyl (C=O) groups is 2. The Balaban J connectivity index is 2.58. The van der Waals surface area contributed by atoms with E-state index >= 15 is 0 Å². The van der Waals surface area contributed by atoms with Crippen LogP contribution in [0.3, 0.4) is 0 Å². The molecular formula is C12H22N2O3. The van der Waals surface area contributed by atoms with E-state index in [1.54, 1.807) is 0 Å². The zero-order chi connectivity index (χ0) is 12.8. The van der Waals surface area contributed by atoms with E-state index in [-0.39, 0.29) is 11.8 Å². The van der Waals surface area contributed by atoms with Crippen LogP contribution in [0.2, 0.25) is 0 Å². The second-order valence-electron chi connectivity index (χ2n) is 4.70. The summed E-state index contributed by atoms with van der Waals surface area (Å²) < 4.78 is 0. The Kier molecular flexibility index (Phi) is 5.41. The quantitative estimate of drug-likeness (QED) is 0.648. The van der Waals surface area contributed by atoms with Crippen LogP contribution in [0.15, 0.2) is 0 Å². The molecule has 1 heterocycles. The van der Waals surface area contributed by atoms with Gasteiger partial charge in [-0.2, -0.15) is 0 Å². The first-order valence-electron chi connectivity index (χ1n) is 6.32. The fourth-order valence-corrected chi connectivity index (χ4v) is 2.27. The Bertz CT molecular complexity index is 281. The lowest BCUT2D eigenvalue weighted by Crippen LogP contribution is -2.42. The number of rotatable bonds is 7. The average Bonchev–Trinajstić information content (AvgIpc) is 2.65. The highest BCUT2D eigenvalue weighted by atomic mass is 16.4. The lowest BCUT2D eigenvalue weighted by Gasteiger charge is -2.24. The number of hydrogen-bond acceptors (Lipinski definition) is 3. The van der Waals surface area contributed by atoms with Crippen LogP contribution in [0.5, 0.6) is 0 Å². The molecule has 0 aromatic carbocycles. The maximum absolute atomic E-state index is 11.7. The van der Waals surface area contributed by atoms with Gasteiger partial charge in [0.15, 0.2) is 0 Å². The minimum Gasteiger partial charge on any atom is -0.480 e. The first-order valence-corrected chi connectivity index (χ1v) is 6.32. The van der Waals surface area contributed by atoms with Crippen molar-refractivity contribution < 1.29 is 14.7 Å². The van der Waals surface area contributed by atoms with E-state index < -0.39 is 12.0 Å². The summed E-state index contributed by atoms with van der Waals surface area (Å²) in [5.41, 5.74) is 5.53. The predicted molar refractivity (Wildman–Crippen MR) is 64.4 cm³/mol. The van der Waals surface area contributed by atoms with Gasteiger partial charge in [0.1, 0.15) is 6.04 Å². The third-order valence-corrected chi connectivity index (χ3v) is 3.31. The van der Waals surface area contributed by atoms with E-state index in [0.717, 1.165) is 19.3 Å². The maximum atomic E-state index is 11.7. The zero-order valence-corrected chi connectivity index (χ0v) is 10.4. The number of hydrogen-bond donors (Lipinski definition) is 2. The van der Waals surface area contributed by atoms with Crippen LogP contribution in [0.25, 0.3) is 0 Å². The van der Waals surface area contributed by atoms with E-state index in [1.807, 2.05) is 0 Å². The van der Waals surface area contributed by atoms with Gasteiger partial charge in [-0.1, -0.05) is 26.2 Å². The number of amides is 1. The van der Waals surface area contributed by atoms with Crippen LogP contribution in [-0.4, -0.2) is 41.0 Å². The minimum absolute atomic E-state index is 0.0654. The monoisotopic (exact) mass is 242 g/mol. The van der Waals surface area contributed by atoms with E-state index in [9.17, 15) is 14.7 Å². The standard InChI is InChI=1S/C12H22N2O3/c1-2-3-4-5-10(12(16)17)14-8-9(7-13)6-11(14)15/h9-10H,2-8,13H2,1H3,(H,16,17)/t9?,10-/m0/s1. The molecule has 1 unspecified atom stereocenters. The molecule has 98 valence electrons. The van der Waals surface area contributed by atoms with Gasteiger partial charge in [0.05, 0.1) is 0 Å². The highest BCUT2D eigenvalue weighted by Crippen LogP contribution is 2.22. The van der Waals surface area contributed by atoms with Gasteiger partial charge in [0, 0.05) is 13.0 Å². The highest BCUT2D eigenvalue weighted by molar-refractivity contribution is 5.85. The van der Waals surface area contributed by atoms with Gasteiger partial charge < -0.3 is 15.7 Å². The van der Waals surface area contributed by atoms with Crippen molar-refractivity contribution in [2.75, 3.05) is 13.1 Å². The molecule has 1 aliphatic heterocycles. The van der Waals surface area contributed by atoms with Gasteiger partial charge in [0.2, 0.25) is 5.91 Å². The molecule has 3 N–H and O–H groups in total. The zero-order valence-electron chi connectivity index (χ0n) is 10.4. The van der Waals surface area contributed by atoms with E-state index in [1.165, 1.54) is 4.90 Å². The van der Waals surface area contributed by atoms with Gasteiger partial charge in [0.25, 0.3) is 0 Å². The van der Waals surface area contributed by atoms with Gasteiger partial charge in [-0.15, -0.1) is 0 Å². The summed E-state index contributed by atoms with van der Waals surface area (Å²) in [5.74, 6) is -0.841. The van der Waals surface area contributed by atoms with Crippen LogP contribution >= 0.6 is 0 Å². The van der Waals surface area contributed by atoms with Gasteiger partial charge >= 0.3 is 5.97 Å². The van der Waals surface area contributed by atoms with Crippen LogP contribution in [0, 0.1) is 5.92 Å². The van der Waals surface area contributed by atoms with Crippen molar-refractivity contribution in [3.63, 3.8) is 0 Å². The summed E-state index contributed by atoms with van der Waals surface area (Å²) >= 11 is 0. The molecule has 1 rings (SSSR count). The molecular weight excluding hydrogens is 220 g/mol. The van der Waals surface area contributed by atoms with E-state index in [2.05, 4.69) is 6.92 Å². The molecule has 1 amide bonds. The Labute approximate surface area is 102 Å². The molecule has 1 aliphatic rings. The van der Waals surface area contributed by atoms with Crippen molar-refractivity contribution >= 4 is 11.9 Å². The van der Waals surface area contributed by atoms with Gasteiger partial charge in [-0.3, -0.25) is 4.79 Å². The third-order valence-electron chi connectivity index (χ3n) is 3.31. The molecule has 0 aromatic heterocycles. The molecule has 17 heavy (non-hydrogen) atoms. The molecule has 0 saturated carbocycles. The average molecular weight is 242 g/mol. The van der Waals surface area contributed by atoms with Crippen molar-refractivity contribution in [2.45, 2.75) is 45.1 Å². The molecule has 1 fully saturated rings. The number of carbonyl (C=O) groups excluding carboxylic acids is 1. The van der Waals surface area contributed by atoms with Crippen molar-refractivity contribution in [1.29, 1.82) is 0 Å². The number of carboxylic acid groups (broad SMARTS) is 1. The number of likely N-dealkylation sites (tertiary alicyclic amines) is 1. The fourth-order valence-electron chi connectivity index (χ4n) is 2.27.